The Morgan fingerprint density at radius 3 is 2.40 bits per heavy atom. The number of imide groups is 1. The van der Waals surface area contributed by atoms with Crippen LogP contribution in [0.2, 0.25) is 0 Å². The van der Waals surface area contributed by atoms with Crippen LogP contribution in [0.15, 0.2) is 0 Å². The number of hydrogen-bond donors (Lipinski definition) is 1. The summed E-state index contributed by atoms with van der Waals surface area (Å²) < 4.78 is 0. The van der Waals surface area contributed by atoms with E-state index in [9.17, 15) is 9.59 Å². The minimum Gasteiger partial charge on any atom is -0.296 e. The predicted molar refractivity (Wildman–Crippen MR) is 34.0 cm³/mol. The van der Waals surface area contributed by atoms with E-state index in [0.29, 0.717) is 12.3 Å². The van der Waals surface area contributed by atoms with Crippen molar-refractivity contribution in [1.82, 2.24) is 5.32 Å². The van der Waals surface area contributed by atoms with Crippen molar-refractivity contribution in [2.24, 2.45) is 11.3 Å². The molecule has 0 aromatic heterocycles. The smallest absolute Gasteiger partial charge is 0.233 e. The molecule has 2 atom stereocenters. The van der Waals surface area contributed by atoms with E-state index < -0.39 is 0 Å². The van der Waals surface area contributed by atoms with Gasteiger partial charge in [-0.1, -0.05) is 6.92 Å². The van der Waals surface area contributed by atoms with Crippen LogP contribution in [0.1, 0.15) is 19.8 Å². The van der Waals surface area contributed by atoms with Crippen LogP contribution in [-0.4, -0.2) is 11.8 Å². The largest absolute Gasteiger partial charge is 0.296 e. The zero-order chi connectivity index (χ0) is 7.35. The average molecular weight is 139 g/mol. The van der Waals surface area contributed by atoms with Crippen LogP contribution in [0.3, 0.4) is 0 Å². The fraction of sp³-hybridized carbons (Fsp3) is 0.714. The molecule has 1 spiro atoms. The maximum absolute atomic E-state index is 11.0. The minimum atomic E-state index is -0.267. The van der Waals surface area contributed by atoms with E-state index in [1.54, 1.807) is 0 Å². The molecule has 2 fully saturated rings. The van der Waals surface area contributed by atoms with E-state index in [1.165, 1.54) is 0 Å². The lowest BCUT2D eigenvalue weighted by molar-refractivity contribution is -0.126. The van der Waals surface area contributed by atoms with Crippen molar-refractivity contribution in [3.8, 4) is 0 Å². The molecule has 1 saturated heterocycles. The lowest BCUT2D eigenvalue weighted by Crippen LogP contribution is -2.23. The highest BCUT2D eigenvalue weighted by molar-refractivity contribution is 6.07. The Balaban J connectivity index is 2.26. The third-order valence-electron chi connectivity index (χ3n) is 2.63. The summed E-state index contributed by atoms with van der Waals surface area (Å²) in [5.41, 5.74) is -0.267. The first-order valence-corrected chi connectivity index (χ1v) is 3.49. The molecule has 0 radical (unpaired) electrons. The number of amides is 2. The zero-order valence-corrected chi connectivity index (χ0v) is 5.81. The Kier molecular flexibility index (Phi) is 0.832. The van der Waals surface area contributed by atoms with Crippen molar-refractivity contribution in [3.05, 3.63) is 0 Å². The molecule has 0 aromatic carbocycles. The molecule has 10 heavy (non-hydrogen) atoms. The molecule has 54 valence electrons. The first-order valence-electron chi connectivity index (χ1n) is 3.49. The van der Waals surface area contributed by atoms with Gasteiger partial charge in [-0.25, -0.2) is 0 Å². The SMILES string of the molecule is CC1CC12CC(=O)NC2=O. The van der Waals surface area contributed by atoms with Gasteiger partial charge in [0.05, 0.1) is 5.41 Å². The molecule has 1 N–H and O–H groups in total. The highest BCUT2D eigenvalue weighted by Gasteiger charge is 2.61. The first-order chi connectivity index (χ1) is 4.65. The molecule has 3 nitrogen and oxygen atoms in total. The molecule has 1 saturated carbocycles. The molecule has 0 aromatic rings. The fourth-order valence-corrected chi connectivity index (χ4v) is 1.71. The second kappa shape index (κ2) is 1.41. The van der Waals surface area contributed by atoms with Crippen LogP contribution in [0, 0.1) is 11.3 Å². The van der Waals surface area contributed by atoms with Crippen molar-refractivity contribution in [3.63, 3.8) is 0 Å². The maximum atomic E-state index is 11.0. The van der Waals surface area contributed by atoms with E-state index in [0.717, 1.165) is 6.42 Å². The molecule has 2 rings (SSSR count). The van der Waals surface area contributed by atoms with Gasteiger partial charge < -0.3 is 0 Å². The molecule has 1 aliphatic carbocycles. The number of nitrogens with one attached hydrogen (secondary N) is 1. The summed E-state index contributed by atoms with van der Waals surface area (Å²) in [7, 11) is 0. The van der Waals surface area contributed by atoms with Gasteiger partial charge in [0.2, 0.25) is 11.8 Å². The highest BCUT2D eigenvalue weighted by atomic mass is 16.2. The molecule has 0 bridgehead atoms. The zero-order valence-electron chi connectivity index (χ0n) is 5.81. The second-order valence-corrected chi connectivity index (χ2v) is 3.32. The minimum absolute atomic E-state index is 0.0509. The summed E-state index contributed by atoms with van der Waals surface area (Å²) in [5.74, 6) is 0.262. The van der Waals surface area contributed by atoms with Crippen LogP contribution in [0.25, 0.3) is 0 Å². The topological polar surface area (TPSA) is 46.2 Å². The third-order valence-corrected chi connectivity index (χ3v) is 2.63. The van der Waals surface area contributed by atoms with Crippen molar-refractivity contribution in [1.29, 1.82) is 0 Å². The third kappa shape index (κ3) is 0.503. The van der Waals surface area contributed by atoms with Gasteiger partial charge in [-0.2, -0.15) is 0 Å². The van der Waals surface area contributed by atoms with Crippen molar-refractivity contribution in [2.75, 3.05) is 0 Å². The van der Waals surface area contributed by atoms with Gasteiger partial charge in [-0.05, 0) is 12.3 Å². The second-order valence-electron chi connectivity index (χ2n) is 3.32. The van der Waals surface area contributed by atoms with Crippen molar-refractivity contribution >= 4 is 11.8 Å². The van der Waals surface area contributed by atoms with E-state index in [-0.39, 0.29) is 17.2 Å². The monoisotopic (exact) mass is 139 g/mol. The van der Waals surface area contributed by atoms with Crippen molar-refractivity contribution in [2.45, 2.75) is 19.8 Å². The number of carbonyl (C=O) groups is 2. The van der Waals surface area contributed by atoms with Crippen molar-refractivity contribution < 1.29 is 9.59 Å². The summed E-state index contributed by atoms with van der Waals surface area (Å²) in [5, 5.41) is 2.32. The van der Waals surface area contributed by atoms with Crippen LogP contribution in [0.5, 0.6) is 0 Å². The average Bonchev–Trinajstić information content (AvgIpc) is 2.33. The molecular weight excluding hydrogens is 130 g/mol. The molecular formula is C7H9NO2. The van der Waals surface area contributed by atoms with E-state index in [2.05, 4.69) is 5.32 Å². The Hall–Kier alpha value is -0.860. The first kappa shape index (κ1) is 5.89. The normalized spacial score (nSPS) is 44.3. The standard InChI is InChI=1S/C7H9NO2/c1-4-2-7(4)3-5(9)8-6(7)10/h4H,2-3H2,1H3,(H,8,9,10). The lowest BCUT2D eigenvalue weighted by atomic mass is 10.0. The quantitative estimate of drug-likeness (QED) is 0.482. The summed E-state index contributed by atoms with van der Waals surface area (Å²) in [6, 6.07) is 0. The van der Waals surface area contributed by atoms with Crippen LogP contribution < -0.4 is 5.32 Å². The lowest BCUT2D eigenvalue weighted by Gasteiger charge is -1.97. The van der Waals surface area contributed by atoms with Crippen LogP contribution in [-0.2, 0) is 9.59 Å². The van der Waals surface area contributed by atoms with Gasteiger partial charge in [0.1, 0.15) is 0 Å². The van der Waals surface area contributed by atoms with Crippen LogP contribution >= 0.6 is 0 Å². The van der Waals surface area contributed by atoms with Gasteiger partial charge in [0.15, 0.2) is 0 Å². The van der Waals surface area contributed by atoms with E-state index >= 15 is 0 Å². The molecule has 1 heterocycles. The van der Waals surface area contributed by atoms with Crippen LogP contribution in [0.4, 0.5) is 0 Å². The highest BCUT2D eigenvalue weighted by Crippen LogP contribution is 2.56. The number of carbonyl (C=O) groups excluding carboxylic acids is 2. The van der Waals surface area contributed by atoms with Gasteiger partial charge in [-0.15, -0.1) is 0 Å². The molecule has 2 unspecified atom stereocenters. The maximum Gasteiger partial charge on any atom is 0.233 e. The molecule has 2 amide bonds. The number of hydrogen-bond acceptors (Lipinski definition) is 2. The molecule has 1 aliphatic heterocycles. The Morgan fingerprint density at radius 1 is 1.60 bits per heavy atom. The molecule has 2 aliphatic rings. The summed E-state index contributed by atoms with van der Waals surface area (Å²) in [6.07, 6.45) is 1.32. The fourth-order valence-electron chi connectivity index (χ4n) is 1.71. The van der Waals surface area contributed by atoms with E-state index in [1.807, 2.05) is 6.92 Å². The van der Waals surface area contributed by atoms with Gasteiger partial charge in [-0.3, -0.25) is 14.9 Å². The number of rotatable bonds is 0. The Morgan fingerprint density at radius 2 is 2.20 bits per heavy atom. The van der Waals surface area contributed by atoms with E-state index in [4.69, 9.17) is 0 Å². The van der Waals surface area contributed by atoms with Gasteiger partial charge >= 0.3 is 0 Å². The summed E-state index contributed by atoms with van der Waals surface area (Å²) >= 11 is 0. The summed E-state index contributed by atoms with van der Waals surface area (Å²) in [4.78, 5) is 21.8. The summed E-state index contributed by atoms with van der Waals surface area (Å²) in [6.45, 7) is 2.01. The molecule has 3 heteroatoms. The van der Waals surface area contributed by atoms with Gasteiger partial charge in [0, 0.05) is 6.42 Å². The predicted octanol–water partition coefficient (Wildman–Crippen LogP) is 0.0591. The van der Waals surface area contributed by atoms with Gasteiger partial charge in [0.25, 0.3) is 0 Å². The Bertz CT molecular complexity index is 224. The Labute approximate surface area is 58.8 Å².